The Labute approximate surface area is 181 Å². The smallest absolute Gasteiger partial charge is 0.248 e. The summed E-state index contributed by atoms with van der Waals surface area (Å²) in [4.78, 5) is 19.5. The summed E-state index contributed by atoms with van der Waals surface area (Å²) in [6, 6.07) is 15.8. The molecular formula is C24H25ClN4O. The van der Waals surface area contributed by atoms with Gasteiger partial charge < -0.3 is 15.5 Å². The fourth-order valence-electron chi connectivity index (χ4n) is 3.75. The van der Waals surface area contributed by atoms with Crippen molar-refractivity contribution in [3.05, 3.63) is 70.8 Å². The highest BCUT2D eigenvalue weighted by atomic mass is 35.5. The van der Waals surface area contributed by atoms with Crippen LogP contribution >= 0.6 is 11.6 Å². The minimum absolute atomic E-state index is 0.189. The van der Waals surface area contributed by atoms with Gasteiger partial charge >= 0.3 is 0 Å². The summed E-state index contributed by atoms with van der Waals surface area (Å²) in [6.45, 7) is 7.18. The number of anilines is 2. The van der Waals surface area contributed by atoms with E-state index in [1.165, 1.54) is 6.08 Å². The lowest BCUT2D eigenvalue weighted by molar-refractivity contribution is -0.111. The summed E-state index contributed by atoms with van der Waals surface area (Å²) in [5.74, 6) is 0.821. The number of halogens is 1. The molecule has 1 atom stereocenters. The Balaban J connectivity index is 1.52. The van der Waals surface area contributed by atoms with Crippen LogP contribution in [0.15, 0.2) is 54.6 Å². The maximum absolute atomic E-state index is 12.3. The van der Waals surface area contributed by atoms with Gasteiger partial charge in [0.25, 0.3) is 0 Å². The fourth-order valence-corrected chi connectivity index (χ4v) is 3.95. The fraction of sp³-hybridized carbons (Fsp3) is 0.250. The summed E-state index contributed by atoms with van der Waals surface area (Å²) in [5.41, 5.74) is 3.71. The average molecular weight is 421 g/mol. The van der Waals surface area contributed by atoms with E-state index in [4.69, 9.17) is 16.6 Å². The van der Waals surface area contributed by atoms with Crippen molar-refractivity contribution >= 4 is 46.0 Å². The summed E-state index contributed by atoms with van der Waals surface area (Å²) in [6.07, 6.45) is 3.26. The van der Waals surface area contributed by atoms with Gasteiger partial charge in [-0.05, 0) is 67.4 Å². The molecule has 1 aliphatic heterocycles. The topological polar surface area (TPSA) is 57.3 Å². The third-order valence-electron chi connectivity index (χ3n) is 5.34. The molecule has 1 fully saturated rings. The van der Waals surface area contributed by atoms with Gasteiger partial charge in [-0.2, -0.15) is 0 Å². The van der Waals surface area contributed by atoms with Crippen molar-refractivity contribution in [1.82, 2.24) is 10.3 Å². The number of aromatic nitrogens is 1. The molecule has 2 heterocycles. The first-order chi connectivity index (χ1) is 14.5. The lowest BCUT2D eigenvalue weighted by Crippen LogP contribution is -2.50. The number of benzene rings is 2. The molecule has 1 aromatic heterocycles. The van der Waals surface area contributed by atoms with Gasteiger partial charge in [-0.1, -0.05) is 23.7 Å². The minimum atomic E-state index is -0.189. The van der Waals surface area contributed by atoms with E-state index in [0.717, 1.165) is 53.2 Å². The number of rotatable bonds is 4. The predicted molar refractivity (Wildman–Crippen MR) is 125 cm³/mol. The summed E-state index contributed by atoms with van der Waals surface area (Å²) < 4.78 is 0. The maximum Gasteiger partial charge on any atom is 0.248 e. The van der Waals surface area contributed by atoms with Gasteiger partial charge in [0.2, 0.25) is 5.91 Å². The number of carbonyl (C=O) groups excluding carboxylic acids is 1. The molecule has 1 amide bonds. The molecule has 30 heavy (non-hydrogen) atoms. The molecule has 154 valence electrons. The van der Waals surface area contributed by atoms with Crippen molar-refractivity contribution < 1.29 is 4.79 Å². The first kappa shape index (κ1) is 20.4. The van der Waals surface area contributed by atoms with E-state index in [-0.39, 0.29) is 5.91 Å². The van der Waals surface area contributed by atoms with Crippen LogP contribution < -0.4 is 15.5 Å². The van der Waals surface area contributed by atoms with Gasteiger partial charge in [-0.3, -0.25) is 4.79 Å². The highest BCUT2D eigenvalue weighted by molar-refractivity contribution is 6.30. The Morgan fingerprint density at radius 2 is 2.13 bits per heavy atom. The molecule has 5 nitrogen and oxygen atoms in total. The molecule has 0 radical (unpaired) electrons. The first-order valence-electron chi connectivity index (χ1n) is 10.1. The minimum Gasteiger partial charge on any atom is -0.351 e. The Morgan fingerprint density at radius 3 is 2.93 bits per heavy atom. The van der Waals surface area contributed by atoms with E-state index in [1.807, 2.05) is 36.4 Å². The maximum atomic E-state index is 12.3. The number of carbonyl (C=O) groups is 1. The van der Waals surface area contributed by atoms with Crippen molar-refractivity contribution in [1.29, 1.82) is 0 Å². The molecule has 2 N–H and O–H groups in total. The molecule has 3 aromatic rings. The highest BCUT2D eigenvalue weighted by Gasteiger charge is 2.20. The second-order valence-corrected chi connectivity index (χ2v) is 8.09. The lowest BCUT2D eigenvalue weighted by Gasteiger charge is -2.35. The van der Waals surface area contributed by atoms with Gasteiger partial charge in [-0.15, -0.1) is 0 Å². The molecule has 1 saturated heterocycles. The summed E-state index contributed by atoms with van der Waals surface area (Å²) in [5, 5.41) is 8.02. The van der Waals surface area contributed by atoms with Crippen LogP contribution in [0.2, 0.25) is 5.02 Å². The SMILES string of the molecule is Cc1cc(N2CCNCC2C)nc2ccc(NC(=O)/C=C/c3cccc(Cl)c3)cc12. The summed E-state index contributed by atoms with van der Waals surface area (Å²) in [7, 11) is 0. The predicted octanol–water partition coefficient (Wildman–Crippen LogP) is 4.65. The monoisotopic (exact) mass is 420 g/mol. The van der Waals surface area contributed by atoms with Crippen molar-refractivity contribution in [2.24, 2.45) is 0 Å². The van der Waals surface area contributed by atoms with E-state index in [2.05, 4.69) is 35.4 Å². The van der Waals surface area contributed by atoms with Crippen LogP contribution in [0.25, 0.3) is 17.0 Å². The summed E-state index contributed by atoms with van der Waals surface area (Å²) >= 11 is 5.98. The number of pyridine rings is 1. The average Bonchev–Trinajstić information content (AvgIpc) is 2.73. The van der Waals surface area contributed by atoms with E-state index in [1.54, 1.807) is 12.1 Å². The number of nitrogens with zero attached hydrogens (tertiary/aromatic N) is 2. The molecule has 1 aliphatic rings. The number of piperazine rings is 1. The van der Waals surface area contributed by atoms with Crippen molar-refractivity contribution in [3.63, 3.8) is 0 Å². The van der Waals surface area contributed by atoms with E-state index < -0.39 is 0 Å². The number of amides is 1. The van der Waals surface area contributed by atoms with Crippen LogP contribution in [0, 0.1) is 6.92 Å². The number of hydrogen-bond donors (Lipinski definition) is 2. The zero-order valence-electron chi connectivity index (χ0n) is 17.2. The second-order valence-electron chi connectivity index (χ2n) is 7.65. The molecule has 0 saturated carbocycles. The Hall–Kier alpha value is -2.89. The number of aryl methyl sites for hydroxylation is 1. The Morgan fingerprint density at radius 1 is 1.27 bits per heavy atom. The van der Waals surface area contributed by atoms with Crippen molar-refractivity contribution in [2.75, 3.05) is 29.9 Å². The van der Waals surface area contributed by atoms with Crippen LogP contribution in [0.1, 0.15) is 18.1 Å². The second kappa shape index (κ2) is 8.86. The first-order valence-corrected chi connectivity index (χ1v) is 10.5. The number of fused-ring (bicyclic) bond motifs is 1. The molecule has 2 aromatic carbocycles. The highest BCUT2D eigenvalue weighted by Crippen LogP contribution is 2.26. The van der Waals surface area contributed by atoms with Crippen LogP contribution in [-0.2, 0) is 4.79 Å². The zero-order chi connectivity index (χ0) is 21.1. The van der Waals surface area contributed by atoms with Gasteiger partial charge in [0.1, 0.15) is 5.82 Å². The van der Waals surface area contributed by atoms with E-state index in [9.17, 15) is 4.79 Å². The number of nitrogens with one attached hydrogen (secondary N) is 2. The normalized spacial score (nSPS) is 16.9. The zero-order valence-corrected chi connectivity index (χ0v) is 17.9. The molecular weight excluding hydrogens is 396 g/mol. The quantitative estimate of drug-likeness (QED) is 0.603. The van der Waals surface area contributed by atoms with Gasteiger partial charge in [0.15, 0.2) is 0 Å². The van der Waals surface area contributed by atoms with Crippen molar-refractivity contribution in [3.8, 4) is 0 Å². The van der Waals surface area contributed by atoms with E-state index >= 15 is 0 Å². The Bertz CT molecular complexity index is 1110. The number of hydrogen-bond acceptors (Lipinski definition) is 4. The van der Waals surface area contributed by atoms with Crippen LogP contribution in [0.5, 0.6) is 0 Å². The van der Waals surface area contributed by atoms with Crippen molar-refractivity contribution in [2.45, 2.75) is 19.9 Å². The molecule has 0 bridgehead atoms. The molecule has 6 heteroatoms. The van der Waals surface area contributed by atoms with Crippen LogP contribution in [0.3, 0.4) is 0 Å². The van der Waals surface area contributed by atoms with E-state index in [0.29, 0.717) is 11.1 Å². The van der Waals surface area contributed by atoms with Gasteiger partial charge in [0, 0.05) is 47.8 Å². The molecule has 0 spiro atoms. The van der Waals surface area contributed by atoms with Gasteiger partial charge in [-0.25, -0.2) is 4.98 Å². The largest absolute Gasteiger partial charge is 0.351 e. The lowest BCUT2D eigenvalue weighted by atomic mass is 10.1. The van der Waals surface area contributed by atoms with Crippen LogP contribution in [-0.4, -0.2) is 36.6 Å². The third kappa shape index (κ3) is 4.64. The molecule has 0 aliphatic carbocycles. The van der Waals surface area contributed by atoms with Crippen LogP contribution in [0.4, 0.5) is 11.5 Å². The molecule has 1 unspecified atom stereocenters. The van der Waals surface area contributed by atoms with Gasteiger partial charge in [0.05, 0.1) is 5.52 Å². The Kier molecular flexibility index (Phi) is 6.02. The third-order valence-corrected chi connectivity index (χ3v) is 5.58. The standard InChI is InChI=1S/C24H25ClN4O/c1-16-12-23(29-11-10-26-15-17(29)2)28-22-8-7-20(14-21(16)22)27-24(30)9-6-18-4-3-5-19(25)13-18/h3-9,12-14,17,26H,10-11,15H2,1-2H3,(H,27,30)/b9-6+. The molecule has 4 rings (SSSR count).